The minimum Gasteiger partial charge on any atom is -0.468 e. The third-order valence-electron chi connectivity index (χ3n) is 4.76. The predicted octanol–water partition coefficient (Wildman–Crippen LogP) is 3.35. The van der Waals surface area contributed by atoms with E-state index in [4.69, 9.17) is 4.42 Å². The molecular formula is C24H21N3O4S. The molecule has 1 N–H and O–H groups in total. The molecule has 0 unspecified atom stereocenters. The van der Waals surface area contributed by atoms with Crippen LogP contribution in [0.15, 0.2) is 112 Å². The van der Waals surface area contributed by atoms with Gasteiger partial charge >= 0.3 is 0 Å². The lowest BCUT2D eigenvalue weighted by Crippen LogP contribution is -2.23. The van der Waals surface area contributed by atoms with Crippen molar-refractivity contribution in [2.75, 3.05) is 0 Å². The van der Waals surface area contributed by atoms with E-state index in [1.165, 1.54) is 30.5 Å². The molecule has 2 aromatic heterocycles. The van der Waals surface area contributed by atoms with Crippen LogP contribution in [0.4, 0.5) is 0 Å². The fourth-order valence-corrected chi connectivity index (χ4v) is 4.08. The fraction of sp³-hybridized carbons (Fsp3) is 0.0833. The first kappa shape index (κ1) is 21.5. The summed E-state index contributed by atoms with van der Waals surface area (Å²) in [6.45, 7) is 0.618. The normalized spacial score (nSPS) is 12.1. The van der Waals surface area contributed by atoms with Gasteiger partial charge in [0.15, 0.2) is 0 Å². The SMILES string of the molecule is O=C(N=c1ccccn1Cc1ccccc1)c1ccc(S(=O)(=O)NCc2ccco2)cc1. The van der Waals surface area contributed by atoms with Crippen molar-refractivity contribution in [2.24, 2.45) is 4.99 Å². The zero-order valence-electron chi connectivity index (χ0n) is 17.1. The van der Waals surface area contributed by atoms with Gasteiger partial charge in [-0.3, -0.25) is 4.79 Å². The number of sulfonamides is 1. The van der Waals surface area contributed by atoms with Gasteiger partial charge in [-0.1, -0.05) is 36.4 Å². The largest absolute Gasteiger partial charge is 0.468 e. The second kappa shape index (κ2) is 9.59. The minimum absolute atomic E-state index is 0.0424. The summed E-state index contributed by atoms with van der Waals surface area (Å²) >= 11 is 0. The number of carbonyl (C=O) groups is 1. The first-order valence-electron chi connectivity index (χ1n) is 9.92. The molecule has 1 amide bonds. The Morgan fingerprint density at radius 2 is 1.66 bits per heavy atom. The standard InChI is InChI=1S/C24H21N3O4S/c28-24(26-23-10-4-5-15-27(23)18-19-7-2-1-3-8-19)20-11-13-22(14-12-20)32(29,30)25-17-21-9-6-16-31-21/h1-16,25H,17-18H2. The van der Waals surface area contributed by atoms with Crippen LogP contribution in [0.25, 0.3) is 0 Å². The summed E-state index contributed by atoms with van der Waals surface area (Å²) in [6, 6.07) is 24.4. The van der Waals surface area contributed by atoms with Gasteiger partial charge in [0.1, 0.15) is 11.2 Å². The lowest BCUT2D eigenvalue weighted by molar-refractivity contribution is 0.0997. The third-order valence-corrected chi connectivity index (χ3v) is 6.17. The Kier molecular flexibility index (Phi) is 6.44. The van der Waals surface area contributed by atoms with Crippen LogP contribution in [0.5, 0.6) is 0 Å². The number of nitrogens with one attached hydrogen (secondary N) is 1. The van der Waals surface area contributed by atoms with Gasteiger partial charge < -0.3 is 8.98 Å². The molecule has 0 radical (unpaired) electrons. The molecule has 8 heteroatoms. The van der Waals surface area contributed by atoms with Crippen LogP contribution >= 0.6 is 0 Å². The number of nitrogens with zero attached hydrogens (tertiary/aromatic N) is 2. The van der Waals surface area contributed by atoms with Crippen molar-refractivity contribution in [1.82, 2.24) is 9.29 Å². The molecule has 4 aromatic rings. The number of amides is 1. The number of rotatable bonds is 7. The summed E-state index contributed by atoms with van der Waals surface area (Å²) < 4.78 is 34.4. The molecule has 162 valence electrons. The zero-order valence-corrected chi connectivity index (χ0v) is 17.9. The smallest absolute Gasteiger partial charge is 0.278 e. The highest BCUT2D eigenvalue weighted by Crippen LogP contribution is 2.12. The molecule has 32 heavy (non-hydrogen) atoms. The Balaban J connectivity index is 1.51. The van der Waals surface area contributed by atoms with Crippen molar-refractivity contribution in [3.8, 4) is 0 Å². The zero-order chi connectivity index (χ0) is 22.4. The molecule has 4 rings (SSSR count). The third kappa shape index (κ3) is 5.29. The number of furan rings is 1. The predicted molar refractivity (Wildman–Crippen MR) is 119 cm³/mol. The second-order valence-corrected chi connectivity index (χ2v) is 8.78. The minimum atomic E-state index is -3.74. The molecule has 0 bridgehead atoms. The molecule has 0 spiro atoms. The van der Waals surface area contributed by atoms with E-state index in [1.807, 2.05) is 53.2 Å². The van der Waals surface area contributed by atoms with Crippen LogP contribution < -0.4 is 10.2 Å². The second-order valence-electron chi connectivity index (χ2n) is 7.02. The molecule has 0 saturated heterocycles. The van der Waals surface area contributed by atoms with Gasteiger partial charge in [-0.15, -0.1) is 0 Å². The number of aromatic nitrogens is 1. The lowest BCUT2D eigenvalue weighted by Gasteiger charge is -2.08. The fourth-order valence-electron chi connectivity index (χ4n) is 3.09. The summed E-state index contributed by atoms with van der Waals surface area (Å²) in [5, 5.41) is 0. The first-order chi connectivity index (χ1) is 15.5. The van der Waals surface area contributed by atoms with Crippen molar-refractivity contribution in [1.29, 1.82) is 0 Å². The summed E-state index contributed by atoms with van der Waals surface area (Å²) in [4.78, 5) is 17.0. The lowest BCUT2D eigenvalue weighted by atomic mass is 10.2. The van der Waals surface area contributed by atoms with E-state index in [0.29, 0.717) is 23.4 Å². The Hall–Kier alpha value is -3.75. The summed E-state index contributed by atoms with van der Waals surface area (Å²) in [5.41, 5.74) is 1.90. The maximum absolute atomic E-state index is 12.7. The van der Waals surface area contributed by atoms with Gasteiger partial charge in [-0.25, -0.2) is 13.1 Å². The number of carbonyl (C=O) groups excluding carboxylic acids is 1. The molecule has 0 fully saturated rings. The van der Waals surface area contributed by atoms with E-state index in [9.17, 15) is 13.2 Å². The Bertz CT molecular complexity index is 1360. The van der Waals surface area contributed by atoms with E-state index in [2.05, 4.69) is 9.71 Å². The van der Waals surface area contributed by atoms with Crippen LogP contribution in [0.3, 0.4) is 0 Å². The highest BCUT2D eigenvalue weighted by atomic mass is 32.2. The van der Waals surface area contributed by atoms with Crippen LogP contribution in [0.1, 0.15) is 21.7 Å². The van der Waals surface area contributed by atoms with Crippen molar-refractivity contribution in [2.45, 2.75) is 18.0 Å². The summed E-state index contributed by atoms with van der Waals surface area (Å²) in [7, 11) is -3.74. The number of pyridine rings is 1. The highest BCUT2D eigenvalue weighted by Gasteiger charge is 2.15. The van der Waals surface area contributed by atoms with Crippen molar-refractivity contribution in [3.05, 3.63) is 120 Å². The number of hydrogen-bond donors (Lipinski definition) is 1. The molecule has 0 aliphatic rings. The molecule has 0 aliphatic carbocycles. The Morgan fingerprint density at radius 1 is 0.906 bits per heavy atom. The number of hydrogen-bond acceptors (Lipinski definition) is 4. The van der Waals surface area contributed by atoms with Gasteiger partial charge in [0.05, 0.1) is 17.7 Å². The quantitative estimate of drug-likeness (QED) is 0.470. The maximum atomic E-state index is 12.7. The van der Waals surface area contributed by atoms with Crippen molar-refractivity contribution >= 4 is 15.9 Å². The van der Waals surface area contributed by atoms with Crippen molar-refractivity contribution in [3.63, 3.8) is 0 Å². The molecule has 0 aliphatic heterocycles. The van der Waals surface area contributed by atoms with Crippen LogP contribution in [0, 0.1) is 0 Å². The van der Waals surface area contributed by atoms with E-state index in [-0.39, 0.29) is 11.4 Å². The average Bonchev–Trinajstić information content (AvgIpc) is 3.34. The van der Waals surface area contributed by atoms with Crippen molar-refractivity contribution < 1.29 is 17.6 Å². The first-order valence-corrected chi connectivity index (χ1v) is 11.4. The van der Waals surface area contributed by atoms with Crippen LogP contribution in [0.2, 0.25) is 0 Å². The van der Waals surface area contributed by atoms with E-state index >= 15 is 0 Å². The Morgan fingerprint density at radius 3 is 2.38 bits per heavy atom. The molecule has 0 atom stereocenters. The van der Waals surface area contributed by atoms with Crippen LogP contribution in [-0.4, -0.2) is 18.9 Å². The Labute approximate surface area is 185 Å². The van der Waals surface area contributed by atoms with E-state index < -0.39 is 15.9 Å². The van der Waals surface area contributed by atoms with Gasteiger partial charge in [-0.2, -0.15) is 4.99 Å². The average molecular weight is 448 g/mol. The van der Waals surface area contributed by atoms with E-state index in [1.54, 1.807) is 18.2 Å². The van der Waals surface area contributed by atoms with Gasteiger partial charge in [0, 0.05) is 18.3 Å². The molecule has 2 heterocycles. The van der Waals surface area contributed by atoms with Gasteiger partial charge in [0.2, 0.25) is 10.0 Å². The molecule has 7 nitrogen and oxygen atoms in total. The summed E-state index contributed by atoms with van der Waals surface area (Å²) in [5.74, 6) is 0.0522. The number of benzene rings is 2. The highest BCUT2D eigenvalue weighted by molar-refractivity contribution is 7.89. The summed E-state index contributed by atoms with van der Waals surface area (Å²) in [6.07, 6.45) is 3.34. The van der Waals surface area contributed by atoms with Crippen LogP contribution in [-0.2, 0) is 23.1 Å². The molecule has 0 saturated carbocycles. The molecule has 2 aromatic carbocycles. The molecular weight excluding hydrogens is 426 g/mol. The van der Waals surface area contributed by atoms with E-state index in [0.717, 1.165) is 5.56 Å². The van der Waals surface area contributed by atoms with Gasteiger partial charge in [-0.05, 0) is 54.1 Å². The van der Waals surface area contributed by atoms with Gasteiger partial charge in [0.25, 0.3) is 5.91 Å². The monoisotopic (exact) mass is 447 g/mol. The maximum Gasteiger partial charge on any atom is 0.278 e. The topological polar surface area (TPSA) is 93.7 Å².